The fourth-order valence-electron chi connectivity index (χ4n) is 2.71. The van der Waals surface area contributed by atoms with Crippen molar-refractivity contribution in [2.24, 2.45) is 0 Å². The van der Waals surface area contributed by atoms with Crippen LogP contribution >= 0.6 is 11.3 Å². The largest absolute Gasteiger partial charge is 0.465 e. The van der Waals surface area contributed by atoms with Crippen molar-refractivity contribution >= 4 is 23.2 Å². The van der Waals surface area contributed by atoms with Crippen LogP contribution in [0, 0.1) is 13.8 Å². The van der Waals surface area contributed by atoms with E-state index < -0.39 is 5.97 Å². The number of rotatable bonds is 5. The van der Waals surface area contributed by atoms with Gasteiger partial charge in [0.1, 0.15) is 27.0 Å². The second-order valence-electron chi connectivity index (χ2n) is 6.13. The van der Waals surface area contributed by atoms with Gasteiger partial charge in [0.15, 0.2) is 0 Å². The number of aromatic nitrogens is 1. The third-order valence-electron chi connectivity index (χ3n) is 4.13. The zero-order valence-electron chi connectivity index (χ0n) is 15.6. The van der Waals surface area contributed by atoms with E-state index in [1.165, 1.54) is 18.4 Å². The molecule has 0 aliphatic heterocycles. The molecule has 0 fully saturated rings. The molecule has 0 unspecified atom stereocenters. The second kappa shape index (κ2) is 7.75. The number of amides is 1. The lowest BCUT2D eigenvalue weighted by Gasteiger charge is -2.14. The van der Waals surface area contributed by atoms with Gasteiger partial charge in [-0.05, 0) is 19.9 Å². The number of furan rings is 1. The Balaban J connectivity index is 1.78. The van der Waals surface area contributed by atoms with Crippen molar-refractivity contribution in [1.29, 1.82) is 0 Å². The summed E-state index contributed by atoms with van der Waals surface area (Å²) in [6, 6.07) is 11.4. The van der Waals surface area contributed by atoms with Gasteiger partial charge in [0.25, 0.3) is 5.91 Å². The van der Waals surface area contributed by atoms with Crippen LogP contribution in [-0.4, -0.2) is 35.9 Å². The Labute approximate surface area is 161 Å². The molecule has 1 aromatic carbocycles. The molecule has 27 heavy (non-hydrogen) atoms. The van der Waals surface area contributed by atoms with Gasteiger partial charge in [-0.2, -0.15) is 0 Å². The molecule has 0 aliphatic carbocycles. The van der Waals surface area contributed by atoms with Crippen LogP contribution in [0.5, 0.6) is 0 Å². The van der Waals surface area contributed by atoms with Crippen LogP contribution in [-0.2, 0) is 11.3 Å². The van der Waals surface area contributed by atoms with E-state index in [0.29, 0.717) is 27.7 Å². The Morgan fingerprint density at radius 3 is 2.59 bits per heavy atom. The highest BCUT2D eigenvalue weighted by atomic mass is 32.1. The lowest BCUT2D eigenvalue weighted by molar-refractivity contribution is 0.0598. The smallest absolute Gasteiger partial charge is 0.341 e. The summed E-state index contributed by atoms with van der Waals surface area (Å²) in [5.41, 5.74) is 2.05. The molecule has 3 rings (SSSR count). The molecule has 0 N–H and O–H groups in total. The Hall–Kier alpha value is -2.93. The third kappa shape index (κ3) is 3.93. The van der Waals surface area contributed by atoms with E-state index in [4.69, 9.17) is 9.15 Å². The minimum atomic E-state index is -0.456. The zero-order chi connectivity index (χ0) is 19.6. The van der Waals surface area contributed by atoms with Crippen molar-refractivity contribution in [3.63, 3.8) is 0 Å². The Morgan fingerprint density at radius 2 is 1.93 bits per heavy atom. The highest BCUT2D eigenvalue weighted by molar-refractivity contribution is 7.17. The topological polar surface area (TPSA) is 72.6 Å². The van der Waals surface area contributed by atoms with Crippen LogP contribution in [0.3, 0.4) is 0 Å². The number of hydrogen-bond acceptors (Lipinski definition) is 6. The van der Waals surface area contributed by atoms with Crippen molar-refractivity contribution in [3.05, 3.63) is 64.1 Å². The molecule has 0 spiro atoms. The van der Waals surface area contributed by atoms with Crippen LogP contribution in [0.4, 0.5) is 0 Å². The van der Waals surface area contributed by atoms with Crippen LogP contribution in [0.25, 0.3) is 10.6 Å². The lowest BCUT2D eigenvalue weighted by Crippen LogP contribution is -2.25. The van der Waals surface area contributed by atoms with Gasteiger partial charge in [0, 0.05) is 12.6 Å². The summed E-state index contributed by atoms with van der Waals surface area (Å²) in [5.74, 6) is 0.398. The van der Waals surface area contributed by atoms with Gasteiger partial charge in [-0.3, -0.25) is 4.79 Å². The predicted molar refractivity (Wildman–Crippen MR) is 103 cm³/mol. The minimum Gasteiger partial charge on any atom is -0.465 e. The summed E-state index contributed by atoms with van der Waals surface area (Å²) in [6.45, 7) is 3.77. The molecule has 3 aromatic rings. The van der Waals surface area contributed by atoms with E-state index in [9.17, 15) is 9.59 Å². The molecule has 2 aromatic heterocycles. The number of hydrogen-bond donors (Lipinski definition) is 0. The number of nitrogens with zero attached hydrogens (tertiary/aromatic N) is 2. The van der Waals surface area contributed by atoms with E-state index in [0.717, 1.165) is 10.6 Å². The summed E-state index contributed by atoms with van der Waals surface area (Å²) < 4.78 is 10.3. The SMILES string of the molecule is COC(=O)c1cc(CN(C)C(=O)c2sc(-c3ccccc3)nc2C)oc1C. The standard InChI is InChI=1S/C20H20N2O4S/c1-12-17(27-18(21-12)14-8-6-5-7-9-14)19(23)22(3)11-15-10-16(13(2)26-15)20(24)25-4/h5-10H,11H2,1-4H3. The molecular formula is C20H20N2O4S. The highest BCUT2D eigenvalue weighted by Crippen LogP contribution is 2.29. The molecule has 0 radical (unpaired) electrons. The van der Waals surface area contributed by atoms with Crippen LogP contribution in [0.1, 0.15) is 37.2 Å². The van der Waals surface area contributed by atoms with Crippen LogP contribution in [0.15, 0.2) is 40.8 Å². The predicted octanol–water partition coefficient (Wildman–Crippen LogP) is 4.08. The number of ether oxygens (including phenoxy) is 1. The van der Waals surface area contributed by atoms with E-state index in [2.05, 4.69) is 4.98 Å². The first-order valence-corrected chi connectivity index (χ1v) is 9.18. The van der Waals surface area contributed by atoms with E-state index in [1.807, 2.05) is 37.3 Å². The quantitative estimate of drug-likeness (QED) is 0.620. The van der Waals surface area contributed by atoms with Gasteiger partial charge in [-0.1, -0.05) is 30.3 Å². The van der Waals surface area contributed by atoms with Crippen molar-refractivity contribution in [2.75, 3.05) is 14.2 Å². The fourth-order valence-corrected chi connectivity index (χ4v) is 3.78. The Kier molecular flexibility index (Phi) is 5.41. The molecule has 1 amide bonds. The number of esters is 1. The first-order valence-electron chi connectivity index (χ1n) is 8.36. The normalized spacial score (nSPS) is 10.7. The van der Waals surface area contributed by atoms with E-state index in [1.54, 1.807) is 24.9 Å². The average Bonchev–Trinajstić information content (AvgIpc) is 3.23. The average molecular weight is 384 g/mol. The van der Waals surface area contributed by atoms with E-state index >= 15 is 0 Å². The summed E-state index contributed by atoms with van der Waals surface area (Å²) in [5, 5.41) is 0.812. The number of carbonyl (C=O) groups excluding carboxylic acids is 2. The number of thiazole rings is 1. The molecule has 140 valence electrons. The number of aryl methyl sites for hydroxylation is 2. The summed E-state index contributed by atoms with van der Waals surface area (Å²) >= 11 is 1.37. The second-order valence-corrected chi connectivity index (χ2v) is 7.13. The van der Waals surface area contributed by atoms with Crippen LogP contribution < -0.4 is 0 Å². The van der Waals surface area contributed by atoms with Crippen LogP contribution in [0.2, 0.25) is 0 Å². The molecule has 0 bridgehead atoms. The maximum atomic E-state index is 12.9. The third-order valence-corrected chi connectivity index (χ3v) is 5.32. The molecule has 0 saturated carbocycles. The zero-order valence-corrected chi connectivity index (χ0v) is 16.4. The van der Waals surface area contributed by atoms with Gasteiger partial charge >= 0.3 is 5.97 Å². The van der Waals surface area contributed by atoms with Crippen molar-refractivity contribution in [1.82, 2.24) is 9.88 Å². The molecule has 2 heterocycles. The van der Waals surface area contributed by atoms with Crippen molar-refractivity contribution in [2.45, 2.75) is 20.4 Å². The van der Waals surface area contributed by atoms with Gasteiger partial charge in [0.2, 0.25) is 0 Å². The Morgan fingerprint density at radius 1 is 1.22 bits per heavy atom. The Bertz CT molecular complexity index is 975. The maximum absolute atomic E-state index is 12.9. The minimum absolute atomic E-state index is 0.138. The van der Waals surface area contributed by atoms with Gasteiger partial charge in [-0.25, -0.2) is 9.78 Å². The molecule has 6 nitrogen and oxygen atoms in total. The van der Waals surface area contributed by atoms with Crippen molar-refractivity contribution in [3.8, 4) is 10.6 Å². The van der Waals surface area contributed by atoms with Gasteiger partial charge in [0.05, 0.1) is 19.3 Å². The molecule has 0 saturated heterocycles. The van der Waals surface area contributed by atoms with Gasteiger partial charge < -0.3 is 14.1 Å². The fraction of sp³-hybridized carbons (Fsp3) is 0.250. The van der Waals surface area contributed by atoms with Crippen molar-refractivity contribution < 1.29 is 18.7 Å². The molecule has 0 atom stereocenters. The maximum Gasteiger partial charge on any atom is 0.341 e. The summed E-state index contributed by atoms with van der Waals surface area (Å²) in [7, 11) is 3.01. The van der Waals surface area contributed by atoms with E-state index in [-0.39, 0.29) is 12.5 Å². The first kappa shape index (κ1) is 18.8. The highest BCUT2D eigenvalue weighted by Gasteiger charge is 2.22. The summed E-state index contributed by atoms with van der Waals surface area (Å²) in [6.07, 6.45) is 0. The summed E-state index contributed by atoms with van der Waals surface area (Å²) in [4.78, 5) is 31.2. The monoisotopic (exact) mass is 384 g/mol. The molecule has 0 aliphatic rings. The van der Waals surface area contributed by atoms with Gasteiger partial charge in [-0.15, -0.1) is 11.3 Å². The number of carbonyl (C=O) groups is 2. The molecular weight excluding hydrogens is 364 g/mol. The number of methoxy groups -OCH3 is 1. The molecule has 7 heteroatoms. The first-order chi connectivity index (χ1) is 12.9. The number of benzene rings is 1. The lowest BCUT2D eigenvalue weighted by atomic mass is 10.2.